The fraction of sp³-hybridized carbons (Fsp3) is 0.571. The van der Waals surface area contributed by atoms with Gasteiger partial charge in [-0.05, 0) is 94.4 Å². The van der Waals surface area contributed by atoms with Crippen LogP contribution in [0.2, 0.25) is 0 Å². The molecule has 474 valence electrons. The minimum Gasteiger partial charge on any atom is -0.488 e. The molecule has 0 amide bonds. The molecule has 0 saturated heterocycles. The molecule has 0 aromatic heterocycles. The summed E-state index contributed by atoms with van der Waals surface area (Å²) >= 11 is 0. The van der Waals surface area contributed by atoms with Crippen LogP contribution < -0.4 is 18.9 Å². The second-order valence-corrected chi connectivity index (χ2v) is 25.2. The van der Waals surface area contributed by atoms with E-state index in [0.717, 1.165) is 84.4 Å². The van der Waals surface area contributed by atoms with Crippen molar-refractivity contribution in [1.29, 1.82) is 0 Å². The summed E-state index contributed by atoms with van der Waals surface area (Å²) in [5, 5.41) is 6.93. The number of rotatable bonds is 48. The summed E-state index contributed by atoms with van der Waals surface area (Å²) in [6, 6.07) is 25.6. The van der Waals surface area contributed by atoms with Crippen LogP contribution in [0.15, 0.2) is 72.8 Å². The largest absolute Gasteiger partial charge is 0.488 e. The van der Waals surface area contributed by atoms with Gasteiger partial charge in [-0.2, -0.15) is 0 Å². The van der Waals surface area contributed by atoms with Gasteiger partial charge >= 0.3 is 0 Å². The fourth-order valence-electron chi connectivity index (χ4n) is 12.5. The SMILES string of the molecule is C#Cc1ccc(C#Cc2ccc3ccc4c(C#Cc5ccc(C#C)c(OCCCCCCCCCCCC)c5OCCCCCCCCCCCC)ccc5ccc2c3c54)c(OCCCCCCCCCCCC)c1OCCCCCCCCCCCC. The van der Waals surface area contributed by atoms with Gasteiger partial charge in [0.15, 0.2) is 23.0 Å². The number of hydrogen-bond acceptors (Lipinski definition) is 4. The first-order valence-corrected chi connectivity index (χ1v) is 36.1. The molecule has 88 heavy (non-hydrogen) atoms. The molecule has 4 heteroatoms. The minimum atomic E-state index is 0.593. The number of unbranched alkanes of at least 4 members (excludes halogenated alkanes) is 36. The summed E-state index contributed by atoms with van der Waals surface area (Å²) in [7, 11) is 0. The van der Waals surface area contributed by atoms with Crippen molar-refractivity contribution in [3.8, 4) is 71.4 Å². The molecule has 0 radical (unpaired) electrons. The van der Waals surface area contributed by atoms with Crippen LogP contribution in [0.5, 0.6) is 23.0 Å². The van der Waals surface area contributed by atoms with E-state index in [2.05, 4.69) is 112 Å². The van der Waals surface area contributed by atoms with E-state index >= 15 is 0 Å². The van der Waals surface area contributed by atoms with E-state index in [0.29, 0.717) is 60.6 Å². The highest BCUT2D eigenvalue weighted by Gasteiger charge is 2.19. The van der Waals surface area contributed by atoms with Crippen LogP contribution in [0.3, 0.4) is 0 Å². The molecular weight excluding hydrogens is 1070 g/mol. The highest BCUT2D eigenvalue weighted by atomic mass is 16.5. The monoisotopic (exact) mass is 1190 g/mol. The third kappa shape index (κ3) is 24.6. The van der Waals surface area contributed by atoms with Gasteiger partial charge in [-0.3, -0.25) is 0 Å². The molecule has 0 bridgehead atoms. The van der Waals surface area contributed by atoms with Crippen LogP contribution in [-0.4, -0.2) is 26.4 Å². The van der Waals surface area contributed by atoms with Gasteiger partial charge in [0, 0.05) is 11.1 Å². The average molecular weight is 1190 g/mol. The maximum atomic E-state index is 6.74. The molecule has 0 aliphatic heterocycles. The predicted molar refractivity (Wildman–Crippen MR) is 380 cm³/mol. The lowest BCUT2D eigenvalue weighted by Gasteiger charge is -2.17. The van der Waals surface area contributed by atoms with Gasteiger partial charge in [-0.1, -0.05) is 331 Å². The first-order chi connectivity index (χ1) is 43.6. The van der Waals surface area contributed by atoms with Crippen LogP contribution >= 0.6 is 0 Å². The van der Waals surface area contributed by atoms with E-state index < -0.39 is 0 Å². The second-order valence-electron chi connectivity index (χ2n) is 25.2. The molecule has 0 heterocycles. The lowest BCUT2D eigenvalue weighted by Crippen LogP contribution is -2.06. The predicted octanol–water partition coefficient (Wildman–Crippen LogP) is 24.5. The van der Waals surface area contributed by atoms with Crippen molar-refractivity contribution in [3.05, 3.63) is 106 Å². The van der Waals surface area contributed by atoms with E-state index in [4.69, 9.17) is 31.8 Å². The lowest BCUT2D eigenvalue weighted by molar-refractivity contribution is 0.257. The van der Waals surface area contributed by atoms with Crippen LogP contribution in [0.25, 0.3) is 32.3 Å². The number of hydrogen-bond donors (Lipinski definition) is 0. The van der Waals surface area contributed by atoms with Crippen LogP contribution in [0.1, 0.15) is 318 Å². The summed E-state index contributed by atoms with van der Waals surface area (Å²) in [5.41, 5.74) is 4.92. The number of benzene rings is 6. The lowest BCUT2D eigenvalue weighted by atomic mass is 9.90. The van der Waals surface area contributed by atoms with Gasteiger partial charge in [0.1, 0.15) is 0 Å². The van der Waals surface area contributed by atoms with Crippen molar-refractivity contribution in [2.75, 3.05) is 26.4 Å². The molecule has 6 aromatic carbocycles. The molecule has 0 fully saturated rings. The smallest absolute Gasteiger partial charge is 0.178 e. The quantitative estimate of drug-likeness (QED) is 0.0217. The number of ether oxygens (including phenoxy) is 4. The van der Waals surface area contributed by atoms with E-state index in [-0.39, 0.29) is 0 Å². The zero-order valence-electron chi connectivity index (χ0n) is 55.8. The van der Waals surface area contributed by atoms with Gasteiger partial charge in [0.25, 0.3) is 0 Å². The molecule has 4 nitrogen and oxygen atoms in total. The third-order valence-electron chi connectivity index (χ3n) is 17.8. The Bertz CT molecular complexity index is 2890. The van der Waals surface area contributed by atoms with Gasteiger partial charge in [-0.25, -0.2) is 0 Å². The highest BCUT2D eigenvalue weighted by molar-refractivity contribution is 6.24. The second kappa shape index (κ2) is 44.3. The third-order valence-corrected chi connectivity index (χ3v) is 17.8. The van der Waals surface area contributed by atoms with Crippen molar-refractivity contribution < 1.29 is 18.9 Å². The molecule has 0 atom stereocenters. The Balaban J connectivity index is 1.23. The maximum Gasteiger partial charge on any atom is 0.178 e. The Hall–Kier alpha value is -6.20. The summed E-state index contributed by atoms with van der Waals surface area (Å²) in [6.45, 7) is 11.5. The first-order valence-electron chi connectivity index (χ1n) is 36.1. The molecule has 0 aliphatic rings. The van der Waals surface area contributed by atoms with Gasteiger partial charge in [0.2, 0.25) is 0 Å². The number of terminal acetylenes is 2. The molecule has 0 N–H and O–H groups in total. The van der Waals surface area contributed by atoms with E-state index in [9.17, 15) is 0 Å². The Labute approximate surface area is 536 Å². The molecule has 0 saturated carbocycles. The Morgan fingerprint density at radius 1 is 0.239 bits per heavy atom. The Kier molecular flexibility index (Phi) is 35.7. The minimum absolute atomic E-state index is 0.593. The summed E-state index contributed by atoms with van der Waals surface area (Å²) in [4.78, 5) is 0. The summed E-state index contributed by atoms with van der Waals surface area (Å²) < 4.78 is 26.7. The molecule has 6 rings (SSSR count). The molecule has 0 unspecified atom stereocenters. The molecule has 6 aromatic rings. The zero-order chi connectivity index (χ0) is 61.9. The topological polar surface area (TPSA) is 36.9 Å². The maximum absolute atomic E-state index is 6.74. The van der Waals surface area contributed by atoms with E-state index in [1.54, 1.807) is 0 Å². The molecular formula is C84H114O4. The molecule has 0 aliphatic carbocycles. The van der Waals surface area contributed by atoms with Crippen molar-refractivity contribution in [2.24, 2.45) is 0 Å². The van der Waals surface area contributed by atoms with E-state index in [1.807, 2.05) is 24.3 Å². The fourth-order valence-corrected chi connectivity index (χ4v) is 12.5. The van der Waals surface area contributed by atoms with Crippen molar-refractivity contribution in [1.82, 2.24) is 0 Å². The van der Waals surface area contributed by atoms with Gasteiger partial charge in [0.05, 0.1) is 48.7 Å². The summed E-state index contributed by atoms with van der Waals surface area (Å²) in [6.07, 6.45) is 63.1. The van der Waals surface area contributed by atoms with Crippen molar-refractivity contribution >= 4 is 32.3 Å². The highest BCUT2D eigenvalue weighted by Crippen LogP contribution is 2.40. The van der Waals surface area contributed by atoms with Crippen LogP contribution in [0.4, 0.5) is 0 Å². The van der Waals surface area contributed by atoms with Crippen LogP contribution in [-0.2, 0) is 0 Å². The first kappa shape index (κ1) is 70.9. The van der Waals surface area contributed by atoms with Crippen LogP contribution in [0, 0.1) is 48.4 Å². The zero-order valence-corrected chi connectivity index (χ0v) is 55.8. The van der Waals surface area contributed by atoms with Gasteiger partial charge < -0.3 is 18.9 Å². The van der Waals surface area contributed by atoms with Crippen molar-refractivity contribution in [3.63, 3.8) is 0 Å². The van der Waals surface area contributed by atoms with Crippen molar-refractivity contribution in [2.45, 2.75) is 285 Å². The normalized spacial score (nSPS) is 11.2. The standard InChI is InChI=1S/C84H114O4/c1-7-13-17-21-25-29-33-37-41-45-65-85-81-69(11-5)49-57-75(83(81)87-67-47-43-39-35-31-27-23-19-15-9-3)59-53-71-51-55-73-62-64-78-72(52-56-74-61-63-77(71)79(73)80(74)78)54-60-76-58-50-70(12-6)82(86-66-46-42-38-34-30-26-22-18-14-8-2)84(76)88-68-48-44-40-36-32-28-24-20-16-10-4/h5-6,49-52,55-58,61-64H,7-10,13-48,65-68H2,1-4H3. The van der Waals surface area contributed by atoms with E-state index in [1.165, 1.54) is 227 Å². The molecule has 0 spiro atoms. The Morgan fingerprint density at radius 3 is 0.705 bits per heavy atom. The average Bonchev–Trinajstić information content (AvgIpc) is 1.01. The van der Waals surface area contributed by atoms with Gasteiger partial charge in [-0.15, -0.1) is 12.8 Å². The summed E-state index contributed by atoms with van der Waals surface area (Å²) in [5.74, 6) is 22.9. The Morgan fingerprint density at radius 2 is 0.443 bits per heavy atom.